The maximum absolute atomic E-state index is 12.8. The number of nitrogens with one attached hydrogen (secondary N) is 2. The molecular formula is C18H15F3N4O3S2. The highest BCUT2D eigenvalue weighted by Crippen LogP contribution is 2.29. The van der Waals surface area contributed by atoms with Gasteiger partial charge in [-0.3, -0.25) is 9.52 Å². The number of carbonyl (C=O) groups excluding carboxylic acids is 1. The van der Waals surface area contributed by atoms with E-state index < -0.39 is 27.7 Å². The molecule has 1 aromatic heterocycles. The zero-order chi connectivity index (χ0) is 21.9. The van der Waals surface area contributed by atoms with Crippen LogP contribution in [0.1, 0.15) is 27.9 Å². The van der Waals surface area contributed by atoms with Gasteiger partial charge in [0.25, 0.3) is 15.9 Å². The highest BCUT2D eigenvalue weighted by Gasteiger charge is 2.30. The van der Waals surface area contributed by atoms with E-state index >= 15 is 0 Å². The summed E-state index contributed by atoms with van der Waals surface area (Å²) in [7, 11) is -3.91. The van der Waals surface area contributed by atoms with E-state index in [1.165, 1.54) is 30.3 Å². The number of hydrogen-bond donors (Lipinski definition) is 2. The van der Waals surface area contributed by atoms with Crippen molar-refractivity contribution in [3.63, 3.8) is 0 Å². The molecule has 0 unspecified atom stereocenters. The zero-order valence-electron chi connectivity index (χ0n) is 15.4. The van der Waals surface area contributed by atoms with Gasteiger partial charge in [-0.25, -0.2) is 8.42 Å². The van der Waals surface area contributed by atoms with Crippen molar-refractivity contribution in [2.45, 2.75) is 24.4 Å². The van der Waals surface area contributed by atoms with Crippen molar-refractivity contribution in [3.8, 4) is 0 Å². The topological polar surface area (TPSA) is 101 Å². The van der Waals surface area contributed by atoms with Crippen molar-refractivity contribution in [3.05, 3.63) is 64.7 Å². The minimum absolute atomic E-state index is 0.0761. The van der Waals surface area contributed by atoms with Crippen LogP contribution in [-0.2, 0) is 22.6 Å². The number of nitrogens with zero attached hydrogens (tertiary/aromatic N) is 2. The van der Waals surface area contributed by atoms with Gasteiger partial charge in [-0.2, -0.15) is 13.2 Å². The lowest BCUT2D eigenvalue weighted by molar-refractivity contribution is -0.137. The lowest BCUT2D eigenvalue weighted by atomic mass is 10.1. The van der Waals surface area contributed by atoms with Crippen molar-refractivity contribution < 1.29 is 26.4 Å². The molecule has 30 heavy (non-hydrogen) atoms. The Morgan fingerprint density at radius 2 is 1.80 bits per heavy atom. The van der Waals surface area contributed by atoms with E-state index in [-0.39, 0.29) is 21.3 Å². The Labute approximate surface area is 174 Å². The van der Waals surface area contributed by atoms with Gasteiger partial charge >= 0.3 is 6.18 Å². The lowest BCUT2D eigenvalue weighted by Crippen LogP contribution is -2.15. The van der Waals surface area contributed by atoms with Gasteiger partial charge in [0, 0.05) is 11.3 Å². The summed E-state index contributed by atoms with van der Waals surface area (Å²) in [5.74, 6) is -0.754. The largest absolute Gasteiger partial charge is 0.416 e. The second kappa shape index (κ2) is 8.40. The van der Waals surface area contributed by atoms with Crippen molar-refractivity contribution in [2.24, 2.45) is 0 Å². The number of halogens is 3. The number of aryl methyl sites for hydroxylation is 1. The molecule has 0 saturated heterocycles. The first-order chi connectivity index (χ1) is 14.1. The van der Waals surface area contributed by atoms with Crippen LogP contribution in [0.3, 0.4) is 0 Å². The molecule has 0 atom stereocenters. The number of hydrogen-bond acceptors (Lipinski definition) is 6. The smallest absolute Gasteiger partial charge is 0.322 e. The molecule has 0 aliphatic rings. The molecule has 0 radical (unpaired) electrons. The third kappa shape index (κ3) is 5.13. The molecule has 1 amide bonds. The van der Waals surface area contributed by atoms with Crippen LogP contribution in [0.5, 0.6) is 0 Å². The fourth-order valence-corrected chi connectivity index (χ4v) is 4.28. The number of rotatable bonds is 6. The van der Waals surface area contributed by atoms with Crippen molar-refractivity contribution >= 4 is 38.1 Å². The molecule has 2 aromatic carbocycles. The lowest BCUT2D eigenvalue weighted by Gasteiger charge is -2.10. The number of carbonyl (C=O) groups is 1. The molecule has 0 bridgehead atoms. The van der Waals surface area contributed by atoms with E-state index in [1.54, 1.807) is 0 Å². The first-order valence-corrected chi connectivity index (χ1v) is 10.8. The fourth-order valence-electron chi connectivity index (χ4n) is 2.37. The first-order valence-electron chi connectivity index (χ1n) is 8.52. The van der Waals surface area contributed by atoms with Gasteiger partial charge in [0.2, 0.25) is 5.13 Å². The van der Waals surface area contributed by atoms with E-state index in [2.05, 4.69) is 20.2 Å². The molecule has 0 aliphatic carbocycles. The number of sulfonamides is 1. The van der Waals surface area contributed by atoms with Crippen molar-refractivity contribution in [2.75, 3.05) is 10.0 Å². The molecule has 158 valence electrons. The quantitative estimate of drug-likeness (QED) is 0.580. The third-order valence-corrected chi connectivity index (χ3v) is 6.33. The average molecular weight is 456 g/mol. The van der Waals surface area contributed by atoms with Crippen LogP contribution in [0.15, 0.2) is 53.4 Å². The van der Waals surface area contributed by atoms with Gasteiger partial charge in [0.15, 0.2) is 0 Å². The van der Waals surface area contributed by atoms with E-state index in [4.69, 9.17) is 0 Å². The van der Waals surface area contributed by atoms with E-state index in [1.807, 2.05) is 6.92 Å². The SMILES string of the molecule is CCc1nnc(NS(=O)(=O)c2ccc(NC(=O)c3cccc(C(F)(F)F)c3)cc2)s1. The minimum atomic E-state index is -4.57. The highest BCUT2D eigenvalue weighted by atomic mass is 32.2. The van der Waals surface area contributed by atoms with Gasteiger partial charge in [0.1, 0.15) is 5.01 Å². The summed E-state index contributed by atoms with van der Waals surface area (Å²) in [5.41, 5.74) is -0.891. The summed E-state index contributed by atoms with van der Waals surface area (Å²) in [4.78, 5) is 12.1. The predicted molar refractivity (Wildman–Crippen MR) is 106 cm³/mol. The van der Waals surface area contributed by atoms with Gasteiger partial charge in [-0.15, -0.1) is 10.2 Å². The third-order valence-electron chi connectivity index (χ3n) is 3.87. The summed E-state index contributed by atoms with van der Waals surface area (Å²) in [6.45, 7) is 1.87. The number of aromatic nitrogens is 2. The molecule has 12 heteroatoms. The Morgan fingerprint density at radius 1 is 1.10 bits per heavy atom. The van der Waals surface area contributed by atoms with Gasteiger partial charge in [0.05, 0.1) is 10.5 Å². The summed E-state index contributed by atoms with van der Waals surface area (Å²) in [5, 5.41) is 10.8. The van der Waals surface area contributed by atoms with Crippen LogP contribution in [0.25, 0.3) is 0 Å². The van der Waals surface area contributed by atoms with Crippen LogP contribution < -0.4 is 10.0 Å². The van der Waals surface area contributed by atoms with Crippen LogP contribution >= 0.6 is 11.3 Å². The Hall–Kier alpha value is -2.99. The molecule has 7 nitrogen and oxygen atoms in total. The summed E-state index contributed by atoms with van der Waals surface area (Å²) in [6.07, 6.45) is -3.94. The molecule has 0 saturated carbocycles. The number of benzene rings is 2. The maximum atomic E-state index is 12.8. The Bertz CT molecular complexity index is 1160. The molecule has 3 aromatic rings. The zero-order valence-corrected chi connectivity index (χ0v) is 17.0. The second-order valence-electron chi connectivity index (χ2n) is 6.02. The van der Waals surface area contributed by atoms with Crippen LogP contribution in [0, 0.1) is 0 Å². The van der Waals surface area contributed by atoms with Crippen LogP contribution in [-0.4, -0.2) is 24.5 Å². The normalized spacial score (nSPS) is 11.9. The van der Waals surface area contributed by atoms with Crippen molar-refractivity contribution in [1.82, 2.24) is 10.2 Å². The Kier molecular flexibility index (Phi) is 6.08. The first kappa shape index (κ1) is 21.7. The molecule has 0 aliphatic heterocycles. The second-order valence-corrected chi connectivity index (χ2v) is 8.76. The van der Waals surface area contributed by atoms with Gasteiger partial charge in [-0.1, -0.05) is 24.3 Å². The Morgan fingerprint density at radius 3 is 2.40 bits per heavy atom. The summed E-state index contributed by atoms with van der Waals surface area (Å²) >= 11 is 1.12. The molecule has 0 spiro atoms. The molecule has 0 fully saturated rings. The number of amides is 1. The van der Waals surface area contributed by atoms with E-state index in [0.29, 0.717) is 11.4 Å². The maximum Gasteiger partial charge on any atom is 0.416 e. The van der Waals surface area contributed by atoms with Crippen LogP contribution in [0.4, 0.5) is 24.0 Å². The molecular weight excluding hydrogens is 441 g/mol. The summed E-state index contributed by atoms with van der Waals surface area (Å²) in [6, 6.07) is 9.17. The molecule has 1 heterocycles. The van der Waals surface area contributed by atoms with Crippen molar-refractivity contribution in [1.29, 1.82) is 0 Å². The average Bonchev–Trinajstić information content (AvgIpc) is 3.14. The standard InChI is InChI=1S/C18H15F3N4O3S2/c1-2-15-23-24-17(29-15)25-30(27,28)14-8-6-13(7-9-14)22-16(26)11-4-3-5-12(10-11)18(19,20)21/h3-10H,2H2,1H3,(H,22,26)(H,24,25). The number of alkyl halides is 3. The van der Waals surface area contributed by atoms with E-state index in [9.17, 15) is 26.4 Å². The Balaban J connectivity index is 1.72. The van der Waals surface area contributed by atoms with Gasteiger partial charge < -0.3 is 5.32 Å². The monoisotopic (exact) mass is 456 g/mol. The summed E-state index contributed by atoms with van der Waals surface area (Å²) < 4.78 is 65.5. The fraction of sp³-hybridized carbons (Fsp3) is 0.167. The van der Waals surface area contributed by atoms with E-state index in [0.717, 1.165) is 29.5 Å². The molecule has 3 rings (SSSR count). The predicted octanol–water partition coefficient (Wildman–Crippen LogP) is 4.17. The highest BCUT2D eigenvalue weighted by molar-refractivity contribution is 7.93. The van der Waals surface area contributed by atoms with Crippen LogP contribution in [0.2, 0.25) is 0 Å². The van der Waals surface area contributed by atoms with Gasteiger partial charge in [-0.05, 0) is 48.9 Å². The molecule has 2 N–H and O–H groups in total. The minimum Gasteiger partial charge on any atom is -0.322 e. The number of anilines is 2.